The van der Waals surface area contributed by atoms with Gasteiger partial charge in [0.1, 0.15) is 19.4 Å². The van der Waals surface area contributed by atoms with E-state index >= 15 is 0 Å². The smallest absolute Gasteiger partial charge is 0.131 e. The third-order valence-corrected chi connectivity index (χ3v) is 6.05. The van der Waals surface area contributed by atoms with Gasteiger partial charge in [-0.1, -0.05) is 47.9 Å². The van der Waals surface area contributed by atoms with Crippen LogP contribution >= 0.6 is 0 Å². The van der Waals surface area contributed by atoms with Crippen LogP contribution in [0.2, 0.25) is 0 Å². The summed E-state index contributed by atoms with van der Waals surface area (Å²) in [7, 11) is 6.27. The summed E-state index contributed by atoms with van der Waals surface area (Å²) in [5, 5.41) is 6.79. The van der Waals surface area contributed by atoms with Gasteiger partial charge in [-0.3, -0.25) is 0 Å². The molecule has 2 aromatic carbocycles. The maximum Gasteiger partial charge on any atom is 0.131 e. The molecule has 0 saturated carbocycles. The van der Waals surface area contributed by atoms with Gasteiger partial charge >= 0.3 is 0 Å². The Morgan fingerprint density at radius 2 is 1.48 bits per heavy atom. The van der Waals surface area contributed by atoms with Gasteiger partial charge in [0.15, 0.2) is 0 Å². The maximum atomic E-state index is 6.32. The average Bonchev–Trinajstić information content (AvgIpc) is 2.99. The van der Waals surface area contributed by atoms with Gasteiger partial charge in [0.25, 0.3) is 0 Å². The van der Waals surface area contributed by atoms with Crippen molar-refractivity contribution < 1.29 is 4.74 Å². The van der Waals surface area contributed by atoms with Crippen LogP contribution in [0.15, 0.2) is 89.7 Å². The number of hydrogen-bond donors (Lipinski definition) is 2. The summed E-state index contributed by atoms with van der Waals surface area (Å²) < 4.78 is 6.32. The van der Waals surface area contributed by atoms with Gasteiger partial charge < -0.3 is 15.4 Å². The van der Waals surface area contributed by atoms with E-state index in [0.717, 1.165) is 30.1 Å². The van der Waals surface area contributed by atoms with Crippen molar-refractivity contribution in [2.45, 2.75) is 5.41 Å². The third kappa shape index (κ3) is 1.78. The van der Waals surface area contributed by atoms with Crippen molar-refractivity contribution in [2.75, 3.05) is 13.1 Å². The summed E-state index contributed by atoms with van der Waals surface area (Å²) in [5.74, 6) is 1.87. The number of fused-ring (bicyclic) bond motifs is 7. The number of benzene rings is 2. The molecule has 3 heterocycles. The van der Waals surface area contributed by atoms with E-state index in [4.69, 9.17) is 12.6 Å². The Kier molecular flexibility index (Phi) is 2.88. The number of ether oxygens (including phenoxy) is 1. The minimum absolute atomic E-state index is 0.361. The quantitative estimate of drug-likeness (QED) is 0.718. The molecule has 3 nitrogen and oxygen atoms in total. The second-order valence-corrected chi connectivity index (χ2v) is 7.32. The Morgan fingerprint density at radius 3 is 2.22 bits per heavy atom. The van der Waals surface area contributed by atoms with Crippen LogP contribution in [0.1, 0.15) is 11.1 Å². The van der Waals surface area contributed by atoms with Gasteiger partial charge in [-0.25, -0.2) is 0 Å². The lowest BCUT2D eigenvalue weighted by molar-refractivity contribution is 0.290. The molecular formula is C23H17BN2O. The highest BCUT2D eigenvalue weighted by Crippen LogP contribution is 2.59. The molecule has 6 rings (SSSR count). The number of dihydropyridines is 2. The fourth-order valence-electron chi connectivity index (χ4n) is 5.04. The molecule has 0 amide bonds. The van der Waals surface area contributed by atoms with Crippen molar-refractivity contribution in [3.8, 4) is 11.1 Å². The van der Waals surface area contributed by atoms with E-state index in [1.165, 1.54) is 33.4 Å². The Labute approximate surface area is 159 Å². The highest BCUT2D eigenvalue weighted by Gasteiger charge is 2.53. The van der Waals surface area contributed by atoms with Gasteiger partial charge in [-0.2, -0.15) is 0 Å². The van der Waals surface area contributed by atoms with Gasteiger partial charge in [0.2, 0.25) is 0 Å². The van der Waals surface area contributed by atoms with Crippen molar-refractivity contribution >= 4 is 13.3 Å². The first-order chi connectivity index (χ1) is 13.3. The highest BCUT2D eigenvalue weighted by molar-refractivity contribution is 6.32. The minimum Gasteiger partial charge on any atom is -0.457 e. The Bertz CT molecular complexity index is 1080. The molecule has 2 aromatic rings. The van der Waals surface area contributed by atoms with Crippen molar-refractivity contribution in [1.82, 2.24) is 10.6 Å². The predicted molar refractivity (Wildman–Crippen MR) is 107 cm³/mol. The molecule has 128 valence electrons. The molecule has 2 N–H and O–H groups in total. The highest BCUT2D eigenvalue weighted by atomic mass is 16.5. The van der Waals surface area contributed by atoms with E-state index in [2.05, 4.69) is 47.0 Å². The monoisotopic (exact) mass is 348 g/mol. The molecule has 0 aromatic heterocycles. The van der Waals surface area contributed by atoms with Crippen LogP contribution in [0.25, 0.3) is 11.1 Å². The second-order valence-electron chi connectivity index (χ2n) is 7.32. The molecule has 4 aliphatic rings. The molecule has 0 bridgehead atoms. The molecule has 3 aliphatic heterocycles. The lowest BCUT2D eigenvalue weighted by atomic mass is 9.63. The number of rotatable bonds is 0. The molecule has 0 saturated heterocycles. The van der Waals surface area contributed by atoms with E-state index in [1.807, 2.05) is 30.6 Å². The zero-order chi connectivity index (χ0) is 18.0. The fraction of sp³-hybridized carbons (Fsp3) is 0.130. The van der Waals surface area contributed by atoms with Gasteiger partial charge in [-0.05, 0) is 34.4 Å². The van der Waals surface area contributed by atoms with Crippen LogP contribution in [-0.2, 0) is 10.2 Å². The summed E-state index contributed by atoms with van der Waals surface area (Å²) in [5.41, 5.74) is 8.01. The summed E-state index contributed by atoms with van der Waals surface area (Å²) in [6.07, 6.45) is 7.99. The number of nitrogens with one attached hydrogen (secondary N) is 2. The molecule has 0 fully saturated rings. The molecule has 2 radical (unpaired) electrons. The predicted octanol–water partition coefficient (Wildman–Crippen LogP) is 2.52. The van der Waals surface area contributed by atoms with Crippen molar-refractivity contribution in [1.29, 1.82) is 0 Å². The largest absolute Gasteiger partial charge is 0.457 e. The van der Waals surface area contributed by atoms with Crippen LogP contribution in [-0.4, -0.2) is 20.9 Å². The van der Waals surface area contributed by atoms with E-state index in [9.17, 15) is 0 Å². The molecule has 0 atom stereocenters. The first kappa shape index (κ1) is 15.0. The number of hydrogen-bond acceptors (Lipinski definition) is 3. The molecule has 1 spiro atoms. The topological polar surface area (TPSA) is 33.3 Å². The Hall–Kier alpha value is -3.14. The van der Waals surface area contributed by atoms with Crippen molar-refractivity contribution in [2.24, 2.45) is 0 Å². The third-order valence-electron chi connectivity index (χ3n) is 6.05. The summed E-state index contributed by atoms with van der Waals surface area (Å²) in [4.78, 5) is 0. The average molecular weight is 348 g/mol. The minimum atomic E-state index is -0.361. The molecule has 1 aliphatic carbocycles. The van der Waals surface area contributed by atoms with Gasteiger partial charge in [0, 0.05) is 36.6 Å². The van der Waals surface area contributed by atoms with Crippen LogP contribution in [0, 0.1) is 0 Å². The van der Waals surface area contributed by atoms with Crippen LogP contribution in [0.4, 0.5) is 0 Å². The van der Waals surface area contributed by atoms with Gasteiger partial charge in [-0.15, -0.1) is 0 Å². The second kappa shape index (κ2) is 5.20. The molecule has 4 heteroatoms. The van der Waals surface area contributed by atoms with Crippen molar-refractivity contribution in [3.05, 3.63) is 101 Å². The Balaban J connectivity index is 1.80. The Morgan fingerprint density at radius 1 is 0.815 bits per heavy atom. The van der Waals surface area contributed by atoms with Gasteiger partial charge in [0.05, 0.1) is 5.41 Å². The lowest BCUT2D eigenvalue weighted by Crippen LogP contribution is -2.43. The summed E-state index contributed by atoms with van der Waals surface area (Å²) in [6, 6.07) is 15.0. The number of allylic oxidation sites excluding steroid dienone is 2. The summed E-state index contributed by atoms with van der Waals surface area (Å²) >= 11 is 0. The summed E-state index contributed by atoms with van der Waals surface area (Å²) in [6.45, 7) is 1.49. The fourth-order valence-corrected chi connectivity index (χ4v) is 5.04. The normalized spacial score (nSPS) is 20.3. The van der Waals surface area contributed by atoms with E-state index in [1.54, 1.807) is 0 Å². The van der Waals surface area contributed by atoms with E-state index in [-0.39, 0.29) is 5.41 Å². The first-order valence-corrected chi connectivity index (χ1v) is 9.25. The zero-order valence-corrected chi connectivity index (χ0v) is 14.8. The van der Waals surface area contributed by atoms with Crippen LogP contribution in [0.3, 0.4) is 0 Å². The van der Waals surface area contributed by atoms with Crippen LogP contribution < -0.4 is 16.1 Å². The molecule has 27 heavy (non-hydrogen) atoms. The zero-order valence-electron chi connectivity index (χ0n) is 14.8. The molecular weight excluding hydrogens is 331 g/mol. The first-order valence-electron chi connectivity index (χ1n) is 9.25. The lowest BCUT2D eigenvalue weighted by Gasteiger charge is -2.44. The standard InChI is InChI=1S/C23H17BN2O/c24-14-5-6-16-15-3-1-2-4-17(15)23(18(16)11-14)19-12-25-9-7-21(19)27-22-8-10-26-13-20(22)23/h1-11,25-26H,12-13H2. The maximum absolute atomic E-state index is 6.32. The van der Waals surface area contributed by atoms with Crippen molar-refractivity contribution in [3.63, 3.8) is 0 Å². The van der Waals surface area contributed by atoms with E-state index in [0.29, 0.717) is 0 Å². The molecule has 0 unspecified atom stereocenters. The SMILES string of the molecule is [B]c1ccc2c(c1)C1(C3=C(C=CNC3)OC3=C1CNC=C3)c1ccccc1-2. The van der Waals surface area contributed by atoms with Crippen LogP contribution in [0.5, 0.6) is 0 Å². The van der Waals surface area contributed by atoms with E-state index < -0.39 is 0 Å².